The molecule has 0 aliphatic rings. The van der Waals surface area contributed by atoms with Gasteiger partial charge in [-0.25, -0.2) is 4.98 Å². The molecule has 0 saturated carbocycles. The van der Waals surface area contributed by atoms with Crippen LogP contribution in [0.1, 0.15) is 34.7 Å². The minimum Gasteiger partial charge on any atom is -0.494 e. The summed E-state index contributed by atoms with van der Waals surface area (Å²) in [4.78, 5) is 22.1. The monoisotopic (exact) mass is 399 g/mol. The van der Waals surface area contributed by atoms with Crippen LogP contribution in [0.5, 0.6) is 5.75 Å². The summed E-state index contributed by atoms with van der Waals surface area (Å²) in [5.41, 5.74) is 2.34. The van der Waals surface area contributed by atoms with Crippen LogP contribution in [0.3, 0.4) is 0 Å². The Kier molecular flexibility index (Phi) is 6.52. The summed E-state index contributed by atoms with van der Waals surface area (Å²) in [5.74, 6) is 1.74. The van der Waals surface area contributed by atoms with Crippen molar-refractivity contribution in [3.05, 3.63) is 56.4 Å². The Balaban J connectivity index is 1.72. The van der Waals surface area contributed by atoms with Gasteiger partial charge >= 0.3 is 0 Å². The van der Waals surface area contributed by atoms with Crippen LogP contribution in [0.25, 0.3) is 10.2 Å². The summed E-state index contributed by atoms with van der Waals surface area (Å²) in [6, 6.07) is 8.08. The van der Waals surface area contributed by atoms with Gasteiger partial charge in [0.15, 0.2) is 0 Å². The zero-order chi connectivity index (χ0) is 20.3. The highest BCUT2D eigenvalue weighted by molar-refractivity contribution is 7.18. The van der Waals surface area contributed by atoms with Crippen LogP contribution in [-0.4, -0.2) is 35.2 Å². The van der Waals surface area contributed by atoms with Crippen molar-refractivity contribution in [2.45, 2.75) is 46.7 Å². The highest BCUT2D eigenvalue weighted by Gasteiger charge is 2.16. The van der Waals surface area contributed by atoms with Crippen molar-refractivity contribution in [3.8, 4) is 5.75 Å². The molecule has 0 aliphatic carbocycles. The van der Waals surface area contributed by atoms with Gasteiger partial charge in [0.1, 0.15) is 16.4 Å². The van der Waals surface area contributed by atoms with E-state index in [4.69, 9.17) is 9.72 Å². The molecule has 1 aromatic carbocycles. The molecule has 0 N–H and O–H groups in total. The van der Waals surface area contributed by atoms with Gasteiger partial charge in [0.2, 0.25) is 0 Å². The smallest absolute Gasteiger partial charge is 0.262 e. The Bertz CT molecular complexity index is 1020. The van der Waals surface area contributed by atoms with Crippen LogP contribution >= 0.6 is 11.3 Å². The lowest BCUT2D eigenvalue weighted by Crippen LogP contribution is -2.28. The van der Waals surface area contributed by atoms with E-state index in [-0.39, 0.29) is 5.56 Å². The molecule has 0 fully saturated rings. The third-order valence-electron chi connectivity index (χ3n) is 4.86. The number of hydrogen-bond acceptors (Lipinski definition) is 5. The van der Waals surface area contributed by atoms with Crippen LogP contribution in [-0.2, 0) is 13.1 Å². The molecule has 0 unspecified atom stereocenters. The minimum absolute atomic E-state index is 0.0864. The van der Waals surface area contributed by atoms with Crippen molar-refractivity contribution in [3.63, 3.8) is 0 Å². The van der Waals surface area contributed by atoms with Crippen LogP contribution in [0, 0.1) is 20.8 Å². The molecule has 3 rings (SSSR count). The largest absolute Gasteiger partial charge is 0.494 e. The molecule has 2 aromatic heterocycles. The summed E-state index contributed by atoms with van der Waals surface area (Å²) in [6.45, 7) is 8.09. The first-order valence-electron chi connectivity index (χ1n) is 9.70. The summed E-state index contributed by atoms with van der Waals surface area (Å²) >= 11 is 1.61. The minimum atomic E-state index is 0.0864. The molecular formula is C22H29N3O2S. The number of nitrogens with zero attached hydrogens (tertiary/aromatic N) is 3. The van der Waals surface area contributed by atoms with Gasteiger partial charge in [0.05, 0.1) is 18.5 Å². The molecule has 2 heterocycles. The van der Waals surface area contributed by atoms with E-state index in [9.17, 15) is 4.79 Å². The highest BCUT2D eigenvalue weighted by Crippen LogP contribution is 2.26. The Morgan fingerprint density at radius 3 is 2.68 bits per heavy atom. The van der Waals surface area contributed by atoms with Crippen LogP contribution in [0.2, 0.25) is 0 Å². The summed E-state index contributed by atoms with van der Waals surface area (Å²) in [5, 5.41) is 0.779. The third kappa shape index (κ3) is 4.62. The number of aromatic nitrogens is 2. The molecule has 0 atom stereocenters. The summed E-state index contributed by atoms with van der Waals surface area (Å²) in [7, 11) is 4.00. The van der Waals surface area contributed by atoms with E-state index in [0.29, 0.717) is 19.7 Å². The molecule has 0 spiro atoms. The van der Waals surface area contributed by atoms with Crippen molar-refractivity contribution >= 4 is 21.6 Å². The van der Waals surface area contributed by atoms with Crippen molar-refractivity contribution < 1.29 is 4.74 Å². The van der Waals surface area contributed by atoms with E-state index >= 15 is 0 Å². The van der Waals surface area contributed by atoms with Gasteiger partial charge in [0.25, 0.3) is 5.56 Å². The van der Waals surface area contributed by atoms with E-state index in [0.717, 1.165) is 40.2 Å². The van der Waals surface area contributed by atoms with Gasteiger partial charge in [-0.05, 0) is 71.0 Å². The number of fused-ring (bicyclic) bond motifs is 1. The van der Waals surface area contributed by atoms with Gasteiger partial charge in [-0.3, -0.25) is 9.36 Å². The molecule has 0 bridgehead atoms. The van der Waals surface area contributed by atoms with Crippen molar-refractivity contribution in [1.29, 1.82) is 0 Å². The predicted molar refractivity (Wildman–Crippen MR) is 117 cm³/mol. The SMILES string of the molecule is Cc1cccc(OCCCCn2c(CN(C)C)nc3sc(C)c(C)c3c2=O)c1. The fourth-order valence-electron chi connectivity index (χ4n) is 3.27. The normalized spacial score (nSPS) is 11.5. The quantitative estimate of drug-likeness (QED) is 0.530. The molecule has 0 amide bonds. The Labute approximate surface area is 170 Å². The zero-order valence-corrected chi connectivity index (χ0v) is 18.2. The second-order valence-corrected chi connectivity index (χ2v) is 8.76. The van der Waals surface area contributed by atoms with Gasteiger partial charge in [-0.1, -0.05) is 12.1 Å². The van der Waals surface area contributed by atoms with Gasteiger partial charge in [-0.15, -0.1) is 11.3 Å². The number of benzene rings is 1. The molecule has 28 heavy (non-hydrogen) atoms. The predicted octanol–water partition coefficient (Wildman–Crippen LogP) is 4.30. The zero-order valence-electron chi connectivity index (χ0n) is 17.4. The standard InChI is InChI=1S/C22H29N3O2S/c1-15-9-8-10-18(13-15)27-12-7-6-11-25-19(14-24(4)5)23-21-20(22(25)26)16(2)17(3)28-21/h8-10,13H,6-7,11-12,14H2,1-5H3. The molecule has 0 saturated heterocycles. The molecule has 0 aliphatic heterocycles. The first-order valence-corrected chi connectivity index (χ1v) is 10.5. The van der Waals surface area contributed by atoms with Crippen LogP contribution < -0.4 is 10.3 Å². The van der Waals surface area contributed by atoms with Gasteiger partial charge in [0, 0.05) is 11.4 Å². The maximum absolute atomic E-state index is 13.2. The highest BCUT2D eigenvalue weighted by atomic mass is 32.1. The number of thiophene rings is 1. The lowest BCUT2D eigenvalue weighted by molar-refractivity contribution is 0.301. The Morgan fingerprint density at radius 1 is 1.18 bits per heavy atom. The number of hydrogen-bond donors (Lipinski definition) is 0. The van der Waals surface area contributed by atoms with Crippen LogP contribution in [0.4, 0.5) is 0 Å². The van der Waals surface area contributed by atoms with E-state index < -0.39 is 0 Å². The van der Waals surface area contributed by atoms with Crippen molar-refractivity contribution in [1.82, 2.24) is 14.5 Å². The first-order chi connectivity index (χ1) is 13.4. The second kappa shape index (κ2) is 8.88. The van der Waals surface area contributed by atoms with Crippen molar-refractivity contribution in [2.24, 2.45) is 0 Å². The van der Waals surface area contributed by atoms with Gasteiger partial charge in [-0.2, -0.15) is 0 Å². The fraction of sp³-hybridized carbons (Fsp3) is 0.455. The van der Waals surface area contributed by atoms with Crippen molar-refractivity contribution in [2.75, 3.05) is 20.7 Å². The van der Waals surface area contributed by atoms with E-state index in [1.54, 1.807) is 11.3 Å². The lowest BCUT2D eigenvalue weighted by atomic mass is 10.2. The Hall–Kier alpha value is -2.18. The van der Waals surface area contributed by atoms with E-state index in [1.807, 2.05) is 43.8 Å². The molecular weight excluding hydrogens is 370 g/mol. The molecule has 5 nitrogen and oxygen atoms in total. The number of ether oxygens (including phenoxy) is 1. The average Bonchev–Trinajstić information content (AvgIpc) is 2.90. The topological polar surface area (TPSA) is 47.4 Å². The molecule has 3 aromatic rings. The molecule has 150 valence electrons. The second-order valence-electron chi connectivity index (χ2n) is 7.56. The van der Waals surface area contributed by atoms with E-state index in [1.165, 1.54) is 10.4 Å². The average molecular weight is 400 g/mol. The Morgan fingerprint density at radius 2 is 1.96 bits per heavy atom. The lowest BCUT2D eigenvalue weighted by Gasteiger charge is -2.16. The first kappa shape index (κ1) is 20.6. The van der Waals surface area contributed by atoms with Gasteiger partial charge < -0.3 is 9.64 Å². The maximum atomic E-state index is 13.2. The number of aryl methyl sites for hydroxylation is 3. The number of unbranched alkanes of at least 4 members (excludes halogenated alkanes) is 1. The number of rotatable bonds is 8. The van der Waals surface area contributed by atoms with E-state index in [2.05, 4.69) is 24.8 Å². The maximum Gasteiger partial charge on any atom is 0.262 e. The van der Waals surface area contributed by atoms with Crippen LogP contribution in [0.15, 0.2) is 29.1 Å². The fourth-order valence-corrected chi connectivity index (χ4v) is 4.31. The summed E-state index contributed by atoms with van der Waals surface area (Å²) < 4.78 is 7.69. The third-order valence-corrected chi connectivity index (χ3v) is 5.96. The molecule has 0 radical (unpaired) electrons. The molecule has 6 heteroatoms. The summed E-state index contributed by atoms with van der Waals surface area (Å²) in [6.07, 6.45) is 1.77.